The molecule has 0 bridgehead atoms. The summed E-state index contributed by atoms with van der Waals surface area (Å²) in [6, 6.07) is 1.97. The molecule has 1 aliphatic carbocycles. The van der Waals surface area contributed by atoms with Crippen molar-refractivity contribution >= 4 is 23.5 Å². The van der Waals surface area contributed by atoms with Crippen molar-refractivity contribution in [2.75, 3.05) is 0 Å². The van der Waals surface area contributed by atoms with Crippen LogP contribution in [0.1, 0.15) is 35.2 Å². The second-order valence-electron chi connectivity index (χ2n) is 5.18. The Hall–Kier alpha value is -1.76. The first kappa shape index (κ1) is 16.6. The first-order valence-corrected chi connectivity index (χ1v) is 6.97. The van der Waals surface area contributed by atoms with E-state index >= 15 is 0 Å². The van der Waals surface area contributed by atoms with Gasteiger partial charge in [-0.2, -0.15) is 13.2 Å². The van der Waals surface area contributed by atoms with Gasteiger partial charge in [0.15, 0.2) is 0 Å². The minimum atomic E-state index is -4.61. The number of alkyl halides is 3. The zero-order valence-electron chi connectivity index (χ0n) is 11.3. The Balaban J connectivity index is 2.19. The minimum Gasteiger partial charge on any atom is -0.481 e. The normalized spacial score (nSPS) is 21.6. The Morgan fingerprint density at radius 3 is 2.50 bits per heavy atom. The van der Waals surface area contributed by atoms with Gasteiger partial charge >= 0.3 is 12.1 Å². The molecule has 2 rings (SSSR count). The summed E-state index contributed by atoms with van der Waals surface area (Å²) in [5.41, 5.74) is -1.26. The maximum absolute atomic E-state index is 12.7. The maximum atomic E-state index is 12.7. The molecule has 120 valence electrons. The molecule has 1 saturated carbocycles. The first-order chi connectivity index (χ1) is 10.2. The van der Waals surface area contributed by atoms with Crippen molar-refractivity contribution in [1.82, 2.24) is 5.32 Å². The minimum absolute atomic E-state index is 0.207. The molecule has 0 spiro atoms. The number of benzene rings is 1. The monoisotopic (exact) mass is 335 g/mol. The van der Waals surface area contributed by atoms with Crippen LogP contribution in [0, 0.1) is 5.92 Å². The van der Waals surface area contributed by atoms with Crippen LogP contribution in [0.15, 0.2) is 18.2 Å². The smallest absolute Gasteiger partial charge is 0.416 e. The van der Waals surface area contributed by atoms with Crippen molar-refractivity contribution in [1.29, 1.82) is 0 Å². The molecule has 4 nitrogen and oxygen atoms in total. The Bertz CT molecular complexity index is 603. The molecule has 2 N–H and O–H groups in total. The summed E-state index contributed by atoms with van der Waals surface area (Å²) >= 11 is 5.62. The molecule has 2 atom stereocenters. The Kier molecular flexibility index (Phi) is 4.65. The lowest BCUT2D eigenvalue weighted by Gasteiger charge is -2.18. The van der Waals surface area contributed by atoms with Crippen LogP contribution in [0.5, 0.6) is 0 Å². The average Bonchev–Trinajstić information content (AvgIpc) is 2.85. The van der Waals surface area contributed by atoms with Gasteiger partial charge in [0.2, 0.25) is 0 Å². The maximum Gasteiger partial charge on any atom is 0.416 e. The van der Waals surface area contributed by atoms with E-state index in [9.17, 15) is 22.8 Å². The SMILES string of the molecule is O=C(N[C@H]1CCC[C@H]1C(=O)O)c1cc(Cl)cc(C(F)(F)F)c1. The van der Waals surface area contributed by atoms with Crippen LogP contribution in [0.25, 0.3) is 0 Å². The third-order valence-electron chi connectivity index (χ3n) is 3.64. The number of carboxylic acid groups (broad SMARTS) is 1. The highest BCUT2D eigenvalue weighted by molar-refractivity contribution is 6.31. The van der Waals surface area contributed by atoms with E-state index < -0.39 is 35.6 Å². The van der Waals surface area contributed by atoms with Crippen LogP contribution in [-0.4, -0.2) is 23.0 Å². The summed E-state index contributed by atoms with van der Waals surface area (Å²) < 4.78 is 38.1. The van der Waals surface area contributed by atoms with E-state index in [1.807, 2.05) is 0 Å². The van der Waals surface area contributed by atoms with Gasteiger partial charge in [-0.15, -0.1) is 0 Å². The average molecular weight is 336 g/mol. The molecule has 0 aliphatic heterocycles. The van der Waals surface area contributed by atoms with E-state index in [2.05, 4.69) is 5.32 Å². The number of carbonyl (C=O) groups excluding carboxylic acids is 1. The van der Waals surface area contributed by atoms with Crippen molar-refractivity contribution < 1.29 is 27.9 Å². The Morgan fingerprint density at radius 2 is 1.91 bits per heavy atom. The van der Waals surface area contributed by atoms with Gasteiger partial charge in [0.05, 0.1) is 11.5 Å². The highest BCUT2D eigenvalue weighted by atomic mass is 35.5. The first-order valence-electron chi connectivity index (χ1n) is 6.60. The number of carbonyl (C=O) groups is 2. The summed E-state index contributed by atoms with van der Waals surface area (Å²) in [7, 11) is 0. The van der Waals surface area contributed by atoms with Gasteiger partial charge in [-0.3, -0.25) is 9.59 Å². The highest BCUT2D eigenvalue weighted by Crippen LogP contribution is 2.32. The Labute approximate surface area is 129 Å². The summed E-state index contributed by atoms with van der Waals surface area (Å²) in [6.07, 6.45) is -3.05. The van der Waals surface area contributed by atoms with E-state index in [-0.39, 0.29) is 10.6 Å². The molecular formula is C14H13ClF3NO3. The second kappa shape index (κ2) is 6.16. The summed E-state index contributed by atoms with van der Waals surface area (Å²) in [5, 5.41) is 11.3. The topological polar surface area (TPSA) is 66.4 Å². The quantitative estimate of drug-likeness (QED) is 0.890. The lowest BCUT2D eigenvalue weighted by molar-refractivity contribution is -0.142. The lowest BCUT2D eigenvalue weighted by Crippen LogP contribution is -2.40. The number of halogens is 4. The van der Waals surface area contributed by atoms with E-state index in [1.54, 1.807) is 0 Å². The fourth-order valence-corrected chi connectivity index (χ4v) is 2.80. The highest BCUT2D eigenvalue weighted by Gasteiger charge is 2.35. The molecule has 1 aromatic rings. The van der Waals surface area contributed by atoms with Gasteiger partial charge in [0.25, 0.3) is 5.91 Å². The van der Waals surface area contributed by atoms with E-state index in [1.165, 1.54) is 0 Å². The van der Waals surface area contributed by atoms with Gasteiger partial charge in [-0.05, 0) is 31.0 Å². The predicted molar refractivity (Wildman–Crippen MR) is 72.7 cm³/mol. The zero-order chi connectivity index (χ0) is 16.5. The lowest BCUT2D eigenvalue weighted by atomic mass is 10.0. The summed E-state index contributed by atoms with van der Waals surface area (Å²) in [5.74, 6) is -2.50. The van der Waals surface area contributed by atoms with Crippen molar-refractivity contribution in [3.63, 3.8) is 0 Å². The third kappa shape index (κ3) is 3.71. The molecule has 22 heavy (non-hydrogen) atoms. The third-order valence-corrected chi connectivity index (χ3v) is 3.86. The molecule has 8 heteroatoms. The molecular weight excluding hydrogens is 323 g/mol. The molecule has 0 unspecified atom stereocenters. The fourth-order valence-electron chi connectivity index (χ4n) is 2.56. The van der Waals surface area contributed by atoms with Crippen LogP contribution in [0.4, 0.5) is 13.2 Å². The van der Waals surface area contributed by atoms with Crippen LogP contribution >= 0.6 is 11.6 Å². The Morgan fingerprint density at radius 1 is 1.23 bits per heavy atom. The van der Waals surface area contributed by atoms with Gasteiger partial charge in [0.1, 0.15) is 0 Å². The molecule has 0 aromatic heterocycles. The van der Waals surface area contributed by atoms with Crippen molar-refractivity contribution in [2.45, 2.75) is 31.5 Å². The van der Waals surface area contributed by atoms with Gasteiger partial charge in [-0.25, -0.2) is 0 Å². The van der Waals surface area contributed by atoms with Crippen LogP contribution in [0.2, 0.25) is 5.02 Å². The van der Waals surface area contributed by atoms with E-state index in [0.717, 1.165) is 12.1 Å². The van der Waals surface area contributed by atoms with Crippen molar-refractivity contribution in [3.8, 4) is 0 Å². The van der Waals surface area contributed by atoms with Gasteiger partial charge < -0.3 is 10.4 Å². The number of amides is 1. The molecule has 1 amide bonds. The van der Waals surface area contributed by atoms with Crippen LogP contribution in [-0.2, 0) is 11.0 Å². The van der Waals surface area contributed by atoms with Crippen LogP contribution in [0.3, 0.4) is 0 Å². The second-order valence-corrected chi connectivity index (χ2v) is 5.62. The molecule has 0 radical (unpaired) electrons. The molecule has 0 saturated heterocycles. The largest absolute Gasteiger partial charge is 0.481 e. The number of aliphatic carboxylic acids is 1. The standard InChI is InChI=1S/C14H13ClF3NO3/c15-9-5-7(4-8(6-9)14(16,17)18)12(20)19-11-3-1-2-10(11)13(21)22/h4-6,10-11H,1-3H2,(H,19,20)(H,21,22)/t10-,11+/m1/s1. The summed E-state index contributed by atoms with van der Waals surface area (Å²) in [6.45, 7) is 0. The molecule has 1 fully saturated rings. The van der Waals surface area contributed by atoms with Gasteiger partial charge in [-0.1, -0.05) is 18.0 Å². The number of nitrogens with one attached hydrogen (secondary N) is 1. The number of rotatable bonds is 3. The van der Waals surface area contributed by atoms with Gasteiger partial charge in [0, 0.05) is 16.6 Å². The van der Waals surface area contributed by atoms with Crippen LogP contribution < -0.4 is 5.32 Å². The van der Waals surface area contributed by atoms with Crippen molar-refractivity contribution in [3.05, 3.63) is 34.3 Å². The van der Waals surface area contributed by atoms with E-state index in [0.29, 0.717) is 25.3 Å². The number of carboxylic acids is 1. The predicted octanol–water partition coefficient (Wildman–Crippen LogP) is 3.34. The van der Waals surface area contributed by atoms with E-state index in [4.69, 9.17) is 16.7 Å². The fraction of sp³-hybridized carbons (Fsp3) is 0.429. The van der Waals surface area contributed by atoms with Crippen molar-refractivity contribution in [2.24, 2.45) is 5.92 Å². The molecule has 0 heterocycles. The molecule has 1 aromatic carbocycles. The summed E-state index contributed by atoms with van der Waals surface area (Å²) in [4.78, 5) is 23.1. The zero-order valence-corrected chi connectivity index (χ0v) is 12.0. The number of hydrogen-bond acceptors (Lipinski definition) is 2. The number of hydrogen-bond donors (Lipinski definition) is 2. The molecule has 1 aliphatic rings.